The second-order valence-corrected chi connectivity index (χ2v) is 6.36. The van der Waals surface area contributed by atoms with E-state index in [1.165, 1.54) is 0 Å². The molecule has 1 amide bonds. The van der Waals surface area contributed by atoms with Crippen LogP contribution in [0.4, 0.5) is 0 Å². The highest BCUT2D eigenvalue weighted by Crippen LogP contribution is 2.22. The Morgan fingerprint density at radius 3 is 2.34 bits per heavy atom. The SMILES string of the molecule is CCOc1ccccc1C=NNC(=O)C(C)Oc1ccc(-c2ccccc2)cc1. The molecule has 5 heteroatoms. The molecule has 5 nitrogen and oxygen atoms in total. The van der Waals surface area contributed by atoms with Gasteiger partial charge < -0.3 is 9.47 Å². The van der Waals surface area contributed by atoms with Crippen molar-refractivity contribution in [3.05, 3.63) is 84.4 Å². The first kappa shape index (κ1) is 20.1. The molecule has 0 aliphatic heterocycles. The van der Waals surface area contributed by atoms with Crippen LogP contribution in [-0.2, 0) is 4.79 Å². The van der Waals surface area contributed by atoms with E-state index in [4.69, 9.17) is 9.47 Å². The van der Waals surface area contributed by atoms with Gasteiger partial charge in [0, 0.05) is 5.56 Å². The maximum absolute atomic E-state index is 12.3. The zero-order chi connectivity index (χ0) is 20.5. The van der Waals surface area contributed by atoms with Crippen molar-refractivity contribution in [2.75, 3.05) is 6.61 Å². The fourth-order valence-electron chi connectivity index (χ4n) is 2.74. The molecule has 0 aromatic heterocycles. The number of carbonyl (C=O) groups is 1. The minimum absolute atomic E-state index is 0.331. The van der Waals surface area contributed by atoms with E-state index in [1.807, 2.05) is 85.8 Å². The van der Waals surface area contributed by atoms with Gasteiger partial charge in [-0.25, -0.2) is 5.43 Å². The molecule has 0 aliphatic carbocycles. The maximum atomic E-state index is 12.3. The molecule has 1 N–H and O–H groups in total. The van der Waals surface area contributed by atoms with Gasteiger partial charge in [-0.15, -0.1) is 0 Å². The van der Waals surface area contributed by atoms with Gasteiger partial charge in [-0.1, -0.05) is 54.6 Å². The fourth-order valence-corrected chi connectivity index (χ4v) is 2.74. The summed E-state index contributed by atoms with van der Waals surface area (Å²) in [6.45, 7) is 4.16. The molecule has 0 aliphatic rings. The van der Waals surface area contributed by atoms with Gasteiger partial charge in [0.05, 0.1) is 12.8 Å². The topological polar surface area (TPSA) is 59.9 Å². The van der Waals surface area contributed by atoms with E-state index in [0.29, 0.717) is 12.4 Å². The van der Waals surface area contributed by atoms with Crippen LogP contribution in [-0.4, -0.2) is 24.8 Å². The first-order valence-corrected chi connectivity index (χ1v) is 9.54. The van der Waals surface area contributed by atoms with Gasteiger partial charge in [0.2, 0.25) is 0 Å². The van der Waals surface area contributed by atoms with E-state index < -0.39 is 6.10 Å². The number of hydrazone groups is 1. The minimum Gasteiger partial charge on any atom is -0.493 e. The van der Waals surface area contributed by atoms with Crippen LogP contribution >= 0.6 is 0 Å². The number of para-hydroxylation sites is 1. The molecule has 0 saturated carbocycles. The summed E-state index contributed by atoms with van der Waals surface area (Å²) in [7, 11) is 0. The Kier molecular flexibility index (Phi) is 7.00. The highest BCUT2D eigenvalue weighted by atomic mass is 16.5. The number of hydrogen-bond donors (Lipinski definition) is 1. The van der Waals surface area contributed by atoms with E-state index in [2.05, 4.69) is 10.5 Å². The van der Waals surface area contributed by atoms with E-state index in [9.17, 15) is 4.79 Å². The summed E-state index contributed by atoms with van der Waals surface area (Å²) in [5.74, 6) is 1.01. The van der Waals surface area contributed by atoms with Gasteiger partial charge >= 0.3 is 0 Å². The fraction of sp³-hybridized carbons (Fsp3) is 0.167. The molecule has 0 fully saturated rings. The third kappa shape index (κ3) is 5.69. The molecule has 1 unspecified atom stereocenters. The lowest BCUT2D eigenvalue weighted by Gasteiger charge is -2.13. The molecular weight excluding hydrogens is 364 g/mol. The molecule has 3 rings (SSSR count). The van der Waals surface area contributed by atoms with Crippen LogP contribution in [0.3, 0.4) is 0 Å². The van der Waals surface area contributed by atoms with Crippen molar-refractivity contribution < 1.29 is 14.3 Å². The standard InChI is InChI=1S/C24H24N2O3/c1-3-28-23-12-8-7-11-21(23)17-25-26-24(27)18(2)29-22-15-13-20(14-16-22)19-9-5-4-6-10-19/h4-18H,3H2,1-2H3,(H,26,27). The summed E-state index contributed by atoms with van der Waals surface area (Å²) in [5.41, 5.74) is 5.52. The van der Waals surface area contributed by atoms with Crippen LogP contribution in [0.5, 0.6) is 11.5 Å². The molecule has 0 bridgehead atoms. The number of nitrogens with zero attached hydrogens (tertiary/aromatic N) is 1. The van der Waals surface area contributed by atoms with Crippen molar-refractivity contribution in [3.63, 3.8) is 0 Å². The van der Waals surface area contributed by atoms with Crippen molar-refractivity contribution in [2.24, 2.45) is 5.10 Å². The largest absolute Gasteiger partial charge is 0.493 e. The normalized spacial score (nSPS) is 11.8. The van der Waals surface area contributed by atoms with Crippen molar-refractivity contribution in [2.45, 2.75) is 20.0 Å². The molecule has 3 aromatic carbocycles. The van der Waals surface area contributed by atoms with Crippen molar-refractivity contribution in [3.8, 4) is 22.6 Å². The van der Waals surface area contributed by atoms with Crippen LogP contribution < -0.4 is 14.9 Å². The van der Waals surface area contributed by atoms with Crippen LogP contribution in [0, 0.1) is 0 Å². The van der Waals surface area contributed by atoms with Crippen molar-refractivity contribution in [1.29, 1.82) is 0 Å². The highest BCUT2D eigenvalue weighted by molar-refractivity contribution is 5.86. The van der Waals surface area contributed by atoms with E-state index in [1.54, 1.807) is 13.1 Å². The predicted octanol–water partition coefficient (Wildman–Crippen LogP) is 4.67. The Morgan fingerprint density at radius 1 is 0.966 bits per heavy atom. The number of nitrogens with one attached hydrogen (secondary N) is 1. The predicted molar refractivity (Wildman–Crippen MR) is 115 cm³/mol. The van der Waals surface area contributed by atoms with Crippen molar-refractivity contribution in [1.82, 2.24) is 5.43 Å². The monoisotopic (exact) mass is 388 g/mol. The second kappa shape index (κ2) is 10.1. The van der Waals surface area contributed by atoms with Gasteiger partial charge in [-0.2, -0.15) is 5.10 Å². The van der Waals surface area contributed by atoms with Crippen LogP contribution in [0.15, 0.2) is 84.0 Å². The molecule has 0 spiro atoms. The highest BCUT2D eigenvalue weighted by Gasteiger charge is 2.14. The summed E-state index contributed by atoms with van der Waals surface area (Å²) >= 11 is 0. The smallest absolute Gasteiger partial charge is 0.280 e. The molecule has 29 heavy (non-hydrogen) atoms. The molecule has 0 radical (unpaired) electrons. The van der Waals surface area contributed by atoms with Gasteiger partial charge in [0.25, 0.3) is 5.91 Å². The van der Waals surface area contributed by atoms with Crippen molar-refractivity contribution >= 4 is 12.1 Å². The van der Waals surface area contributed by atoms with Gasteiger partial charge in [-0.3, -0.25) is 4.79 Å². The quantitative estimate of drug-likeness (QED) is 0.451. The number of amides is 1. The Hall–Kier alpha value is -3.60. The van der Waals surface area contributed by atoms with E-state index in [0.717, 1.165) is 22.4 Å². The zero-order valence-electron chi connectivity index (χ0n) is 16.5. The van der Waals surface area contributed by atoms with Crippen LogP contribution in [0.2, 0.25) is 0 Å². The number of hydrogen-bond acceptors (Lipinski definition) is 4. The Labute approximate surface area is 171 Å². The molecule has 1 atom stereocenters. The van der Waals surface area contributed by atoms with Gasteiger partial charge in [0.1, 0.15) is 11.5 Å². The number of benzene rings is 3. The van der Waals surface area contributed by atoms with Gasteiger partial charge in [0.15, 0.2) is 6.10 Å². The molecule has 0 heterocycles. The molecule has 0 saturated heterocycles. The Bertz CT molecular complexity index is 953. The average molecular weight is 388 g/mol. The lowest BCUT2D eigenvalue weighted by molar-refractivity contribution is -0.127. The van der Waals surface area contributed by atoms with Gasteiger partial charge in [-0.05, 0) is 49.2 Å². The summed E-state index contributed by atoms with van der Waals surface area (Å²) in [5, 5.41) is 4.02. The number of carbonyl (C=O) groups excluding carboxylic acids is 1. The third-order valence-corrected chi connectivity index (χ3v) is 4.24. The zero-order valence-corrected chi connectivity index (χ0v) is 16.5. The van der Waals surface area contributed by atoms with Crippen LogP contribution in [0.1, 0.15) is 19.4 Å². The average Bonchev–Trinajstić information content (AvgIpc) is 2.76. The third-order valence-electron chi connectivity index (χ3n) is 4.24. The summed E-state index contributed by atoms with van der Waals surface area (Å²) < 4.78 is 11.3. The lowest BCUT2D eigenvalue weighted by Crippen LogP contribution is -2.33. The summed E-state index contributed by atoms with van der Waals surface area (Å²) in [4.78, 5) is 12.3. The van der Waals surface area contributed by atoms with Crippen LogP contribution in [0.25, 0.3) is 11.1 Å². The van der Waals surface area contributed by atoms with E-state index >= 15 is 0 Å². The minimum atomic E-state index is -0.683. The number of ether oxygens (including phenoxy) is 2. The Morgan fingerprint density at radius 2 is 1.62 bits per heavy atom. The molecule has 3 aromatic rings. The lowest BCUT2D eigenvalue weighted by atomic mass is 10.1. The first-order chi connectivity index (χ1) is 14.2. The first-order valence-electron chi connectivity index (χ1n) is 9.54. The summed E-state index contributed by atoms with van der Waals surface area (Å²) in [6.07, 6.45) is 0.876. The Balaban J connectivity index is 1.55. The molecule has 148 valence electrons. The second-order valence-electron chi connectivity index (χ2n) is 6.36. The molecular formula is C24H24N2O3. The summed E-state index contributed by atoms with van der Waals surface area (Å²) in [6, 6.07) is 25.2. The van der Waals surface area contributed by atoms with E-state index in [-0.39, 0.29) is 5.91 Å². The maximum Gasteiger partial charge on any atom is 0.280 e. The number of rotatable bonds is 8.